The fraction of sp³-hybridized carbons (Fsp3) is 0.0417. The molecule has 138 valence electrons. The lowest BCUT2D eigenvalue weighted by molar-refractivity contribution is 0.0601. The molecule has 4 aromatic heterocycles. The van der Waals surface area contributed by atoms with Crippen LogP contribution < -0.4 is 0 Å². The van der Waals surface area contributed by atoms with E-state index in [-0.39, 0.29) is 5.97 Å². The molecule has 0 aliphatic rings. The molecule has 0 bridgehead atoms. The quantitative estimate of drug-likeness (QED) is 0.395. The van der Waals surface area contributed by atoms with E-state index >= 15 is 0 Å². The normalized spacial score (nSPS) is 11.8. The van der Waals surface area contributed by atoms with Gasteiger partial charge in [-0.1, -0.05) is 30.3 Å². The van der Waals surface area contributed by atoms with Gasteiger partial charge in [-0.3, -0.25) is 9.38 Å². The molecule has 6 aromatic rings. The van der Waals surface area contributed by atoms with Crippen molar-refractivity contribution < 1.29 is 9.53 Å². The first-order chi connectivity index (χ1) is 14.2. The van der Waals surface area contributed by atoms with E-state index in [2.05, 4.69) is 33.7 Å². The average molecular weight is 377 g/mol. The van der Waals surface area contributed by atoms with Gasteiger partial charge in [-0.2, -0.15) is 0 Å². The topological polar surface area (TPSA) is 56.5 Å². The molecule has 0 amide bonds. The number of fused-ring (bicyclic) bond motifs is 4. The summed E-state index contributed by atoms with van der Waals surface area (Å²) in [5, 5.41) is 4.48. The number of rotatable bonds is 2. The van der Waals surface area contributed by atoms with Crippen molar-refractivity contribution >= 4 is 44.2 Å². The van der Waals surface area contributed by atoms with E-state index in [0.29, 0.717) is 11.2 Å². The van der Waals surface area contributed by atoms with Crippen LogP contribution in [0.15, 0.2) is 72.9 Å². The van der Waals surface area contributed by atoms with Gasteiger partial charge in [0.15, 0.2) is 0 Å². The summed E-state index contributed by atoms with van der Waals surface area (Å²) in [7, 11) is 1.39. The first-order valence-corrected chi connectivity index (χ1v) is 9.34. The van der Waals surface area contributed by atoms with Gasteiger partial charge in [-0.05, 0) is 47.2 Å². The van der Waals surface area contributed by atoms with Crippen LogP contribution in [0.25, 0.3) is 49.6 Å². The van der Waals surface area contributed by atoms with Crippen LogP contribution >= 0.6 is 0 Å². The molecule has 4 heterocycles. The Kier molecular flexibility index (Phi) is 3.18. The Labute approximate surface area is 165 Å². The number of esters is 1. The average Bonchev–Trinajstić information content (AvgIpc) is 3.31. The highest BCUT2D eigenvalue weighted by molar-refractivity contribution is 6.18. The number of carbonyl (C=O) groups excluding carboxylic acids is 1. The highest BCUT2D eigenvalue weighted by Crippen LogP contribution is 2.39. The Hall–Kier alpha value is -3.99. The van der Waals surface area contributed by atoms with E-state index < -0.39 is 0 Å². The zero-order valence-corrected chi connectivity index (χ0v) is 15.6. The van der Waals surface area contributed by atoms with Gasteiger partial charge in [0.1, 0.15) is 11.3 Å². The summed E-state index contributed by atoms with van der Waals surface area (Å²) in [6.07, 6.45) is 1.77. The van der Waals surface area contributed by atoms with Crippen molar-refractivity contribution in [2.24, 2.45) is 0 Å². The van der Waals surface area contributed by atoms with E-state index in [1.807, 2.05) is 36.4 Å². The molecule has 0 unspecified atom stereocenters. The minimum absolute atomic E-state index is 0.373. The third-order valence-electron chi connectivity index (χ3n) is 5.47. The minimum Gasteiger partial charge on any atom is -0.465 e. The molecule has 0 atom stereocenters. The molecule has 0 fully saturated rings. The predicted octanol–water partition coefficient (Wildman–Crippen LogP) is 5.08. The van der Waals surface area contributed by atoms with Crippen molar-refractivity contribution in [1.29, 1.82) is 0 Å². The highest BCUT2D eigenvalue weighted by atomic mass is 16.5. The number of nitrogens with zero attached hydrogens (tertiary/aromatic N) is 3. The number of benzene rings is 2. The van der Waals surface area contributed by atoms with Crippen LogP contribution in [-0.4, -0.2) is 27.4 Å². The van der Waals surface area contributed by atoms with Gasteiger partial charge in [0.25, 0.3) is 0 Å². The molecule has 0 aliphatic heterocycles. The second kappa shape index (κ2) is 5.75. The Bertz CT molecular complexity index is 1550. The third kappa shape index (κ3) is 2.18. The van der Waals surface area contributed by atoms with Gasteiger partial charge in [-0.15, -0.1) is 0 Å². The Morgan fingerprint density at radius 1 is 0.931 bits per heavy atom. The van der Waals surface area contributed by atoms with Crippen molar-refractivity contribution in [3.8, 4) is 11.4 Å². The summed E-state index contributed by atoms with van der Waals surface area (Å²) in [6, 6.07) is 22.1. The number of carbonyl (C=O) groups is 1. The Balaban J connectivity index is 1.85. The van der Waals surface area contributed by atoms with Gasteiger partial charge in [0.05, 0.1) is 29.4 Å². The van der Waals surface area contributed by atoms with Crippen molar-refractivity contribution in [2.75, 3.05) is 7.11 Å². The zero-order chi connectivity index (χ0) is 19.5. The molecule has 6 rings (SSSR count). The SMILES string of the molecule is COC(=O)c1cc2nc(-c3ccccn3)c3c4cc5ccccc5cc4c(c1)n23. The van der Waals surface area contributed by atoms with Gasteiger partial charge in [-0.25, -0.2) is 9.78 Å². The summed E-state index contributed by atoms with van der Waals surface area (Å²) in [4.78, 5) is 21.6. The fourth-order valence-electron chi connectivity index (χ4n) is 4.18. The van der Waals surface area contributed by atoms with Gasteiger partial charge >= 0.3 is 5.97 Å². The second-order valence-corrected chi connectivity index (χ2v) is 7.08. The maximum Gasteiger partial charge on any atom is 0.338 e. The number of ether oxygens (including phenoxy) is 1. The lowest BCUT2D eigenvalue weighted by Crippen LogP contribution is -2.02. The van der Waals surface area contributed by atoms with Crippen LogP contribution in [0, 0.1) is 0 Å². The van der Waals surface area contributed by atoms with Crippen molar-refractivity contribution in [3.63, 3.8) is 0 Å². The van der Waals surface area contributed by atoms with E-state index in [1.54, 1.807) is 12.3 Å². The number of hydrogen-bond donors (Lipinski definition) is 0. The van der Waals surface area contributed by atoms with Crippen LogP contribution in [0.5, 0.6) is 0 Å². The summed E-state index contributed by atoms with van der Waals surface area (Å²) in [5.74, 6) is -0.373. The van der Waals surface area contributed by atoms with Crippen LogP contribution in [0.1, 0.15) is 10.4 Å². The zero-order valence-electron chi connectivity index (χ0n) is 15.6. The van der Waals surface area contributed by atoms with E-state index in [1.165, 1.54) is 7.11 Å². The summed E-state index contributed by atoms with van der Waals surface area (Å²) < 4.78 is 7.07. The van der Waals surface area contributed by atoms with Gasteiger partial charge in [0, 0.05) is 17.0 Å². The summed E-state index contributed by atoms with van der Waals surface area (Å²) in [6.45, 7) is 0. The number of pyridine rings is 2. The number of imidazole rings is 1. The van der Waals surface area contributed by atoms with Crippen molar-refractivity contribution in [2.45, 2.75) is 0 Å². The molecule has 2 aromatic carbocycles. The molecular weight excluding hydrogens is 362 g/mol. The summed E-state index contributed by atoms with van der Waals surface area (Å²) >= 11 is 0. The molecule has 0 saturated carbocycles. The first-order valence-electron chi connectivity index (χ1n) is 9.34. The smallest absolute Gasteiger partial charge is 0.338 e. The van der Waals surface area contributed by atoms with Crippen LogP contribution in [-0.2, 0) is 4.74 Å². The maximum absolute atomic E-state index is 12.3. The molecule has 0 saturated heterocycles. The maximum atomic E-state index is 12.3. The molecule has 0 aliphatic carbocycles. The third-order valence-corrected chi connectivity index (χ3v) is 5.47. The monoisotopic (exact) mass is 377 g/mol. The standard InChI is InChI=1S/C24H15N3O2/c1-29-24(28)16-12-20-17-10-14-6-2-3-7-15(14)11-18(17)23-22(19-8-4-5-9-25-19)26-21(13-16)27(20)23/h2-13H,1H3. The van der Waals surface area contributed by atoms with E-state index in [0.717, 1.165) is 44.0 Å². The number of aromatic nitrogens is 3. The van der Waals surface area contributed by atoms with E-state index in [9.17, 15) is 4.79 Å². The van der Waals surface area contributed by atoms with Crippen molar-refractivity contribution in [1.82, 2.24) is 14.4 Å². The molecule has 0 radical (unpaired) electrons. The highest BCUT2D eigenvalue weighted by Gasteiger charge is 2.22. The largest absolute Gasteiger partial charge is 0.465 e. The Morgan fingerprint density at radius 2 is 1.69 bits per heavy atom. The molecule has 0 spiro atoms. The first kappa shape index (κ1) is 16.0. The summed E-state index contributed by atoms with van der Waals surface area (Å²) in [5.41, 5.74) is 4.75. The van der Waals surface area contributed by atoms with E-state index in [4.69, 9.17) is 9.72 Å². The Morgan fingerprint density at radius 3 is 2.41 bits per heavy atom. The van der Waals surface area contributed by atoms with Gasteiger partial charge < -0.3 is 4.74 Å². The van der Waals surface area contributed by atoms with Crippen LogP contribution in [0.4, 0.5) is 0 Å². The lowest BCUT2D eigenvalue weighted by Gasteiger charge is -2.02. The minimum atomic E-state index is -0.373. The molecular formula is C24H15N3O2. The van der Waals surface area contributed by atoms with Gasteiger partial charge in [0.2, 0.25) is 0 Å². The molecule has 5 nitrogen and oxygen atoms in total. The molecule has 5 heteroatoms. The van der Waals surface area contributed by atoms with Crippen LogP contribution in [0.3, 0.4) is 0 Å². The molecule has 29 heavy (non-hydrogen) atoms. The number of hydrogen-bond acceptors (Lipinski definition) is 4. The molecule has 0 N–H and O–H groups in total. The second-order valence-electron chi connectivity index (χ2n) is 7.08. The fourth-order valence-corrected chi connectivity index (χ4v) is 4.18. The number of methoxy groups -OCH3 is 1. The lowest BCUT2D eigenvalue weighted by atomic mass is 10.0. The van der Waals surface area contributed by atoms with Crippen molar-refractivity contribution in [3.05, 3.63) is 78.5 Å². The van der Waals surface area contributed by atoms with Crippen LogP contribution in [0.2, 0.25) is 0 Å². The predicted molar refractivity (Wildman–Crippen MR) is 113 cm³/mol.